The first kappa shape index (κ1) is 17.4. The molecule has 1 aliphatic heterocycles. The van der Waals surface area contributed by atoms with Crippen molar-refractivity contribution in [2.75, 3.05) is 26.2 Å². The van der Waals surface area contributed by atoms with Gasteiger partial charge in [-0.1, -0.05) is 24.3 Å². The minimum absolute atomic E-state index is 0.968. The zero-order chi connectivity index (χ0) is 18.8. The maximum Gasteiger partial charge on any atom is 0.244 e. The maximum atomic E-state index is 3.62. The van der Waals surface area contributed by atoms with Gasteiger partial charge in [-0.2, -0.15) is 0 Å². The van der Waals surface area contributed by atoms with Crippen LogP contribution in [-0.4, -0.2) is 35.3 Å². The summed E-state index contributed by atoms with van der Waals surface area (Å²) in [6, 6.07) is 17.4. The topological polar surface area (TPSA) is 41.7 Å². The van der Waals surface area contributed by atoms with Gasteiger partial charge in [-0.25, -0.2) is 18.3 Å². The van der Waals surface area contributed by atoms with Crippen molar-refractivity contribution in [2.45, 2.75) is 26.2 Å². The van der Waals surface area contributed by atoms with E-state index in [4.69, 9.17) is 0 Å². The van der Waals surface area contributed by atoms with Crippen molar-refractivity contribution in [3.05, 3.63) is 61.2 Å². The predicted molar refractivity (Wildman–Crippen MR) is 110 cm³/mol. The van der Waals surface area contributed by atoms with Gasteiger partial charge in [-0.15, -0.1) is 0 Å². The third-order valence-corrected chi connectivity index (χ3v) is 5.68. The van der Waals surface area contributed by atoms with Crippen LogP contribution in [0, 0.1) is 0 Å². The summed E-state index contributed by atoms with van der Waals surface area (Å²) in [5, 5.41) is 7.24. The van der Waals surface area contributed by atoms with E-state index in [0.29, 0.717) is 0 Å². The van der Waals surface area contributed by atoms with Gasteiger partial charge >= 0.3 is 0 Å². The van der Waals surface area contributed by atoms with Crippen LogP contribution in [0.3, 0.4) is 0 Å². The molecule has 2 aromatic heterocycles. The molecule has 0 fully saturated rings. The van der Waals surface area contributed by atoms with Gasteiger partial charge in [0.05, 0.1) is 0 Å². The van der Waals surface area contributed by atoms with E-state index in [1.807, 2.05) is 0 Å². The maximum absolute atomic E-state index is 3.62. The summed E-state index contributed by atoms with van der Waals surface area (Å²) < 4.78 is 9.47. The Morgan fingerprint density at radius 3 is 1.61 bits per heavy atom. The second-order valence-electron chi connectivity index (χ2n) is 7.48. The Morgan fingerprint density at radius 2 is 1.07 bits per heavy atom. The first-order valence-corrected chi connectivity index (χ1v) is 10.3. The molecule has 0 spiro atoms. The van der Waals surface area contributed by atoms with Crippen molar-refractivity contribution >= 4 is 22.1 Å². The highest BCUT2D eigenvalue weighted by molar-refractivity contribution is 5.72. The second-order valence-corrected chi connectivity index (χ2v) is 7.48. The molecule has 0 unspecified atom stereocenters. The zero-order valence-electron chi connectivity index (χ0n) is 16.2. The van der Waals surface area contributed by atoms with E-state index < -0.39 is 0 Å². The van der Waals surface area contributed by atoms with E-state index in [1.165, 1.54) is 22.1 Å². The van der Waals surface area contributed by atoms with E-state index >= 15 is 0 Å². The highest BCUT2D eigenvalue weighted by atomic mass is 15.2. The predicted octanol–water partition coefficient (Wildman–Crippen LogP) is 1.06. The smallest absolute Gasteiger partial charge is 0.244 e. The molecule has 0 amide bonds. The number of hydrogen-bond donors (Lipinski definition) is 2. The first-order valence-electron chi connectivity index (χ1n) is 10.3. The van der Waals surface area contributed by atoms with Crippen LogP contribution < -0.4 is 19.8 Å². The third-order valence-electron chi connectivity index (χ3n) is 5.68. The number of rotatable bonds is 0. The molecule has 0 aliphatic carbocycles. The molecule has 2 N–H and O–H groups in total. The lowest BCUT2D eigenvalue weighted by molar-refractivity contribution is -0.673. The quantitative estimate of drug-likeness (QED) is 0.451. The number of aromatic nitrogens is 4. The van der Waals surface area contributed by atoms with Crippen LogP contribution >= 0.6 is 0 Å². The Morgan fingerprint density at radius 1 is 0.607 bits per heavy atom. The molecule has 0 atom stereocenters. The Hall–Kier alpha value is -2.70. The van der Waals surface area contributed by atoms with E-state index in [0.717, 1.165) is 52.4 Å². The molecule has 2 aromatic carbocycles. The Kier molecular flexibility index (Phi) is 4.81. The summed E-state index contributed by atoms with van der Waals surface area (Å²) in [6.45, 7) is 7.79. The SMILES string of the molecule is c1ccc2c(c1)n1c[n+]2CCNCC[n+]2cn(c3ccccc32)CCNCC1. The number of hydrogen-bond acceptors (Lipinski definition) is 2. The fraction of sp³-hybridized carbons (Fsp3) is 0.364. The molecule has 3 heterocycles. The van der Waals surface area contributed by atoms with Crippen LogP contribution in [0.2, 0.25) is 0 Å². The van der Waals surface area contributed by atoms with Crippen molar-refractivity contribution in [3.8, 4) is 0 Å². The van der Waals surface area contributed by atoms with Crippen LogP contribution in [-0.2, 0) is 26.2 Å². The normalized spacial score (nSPS) is 16.6. The van der Waals surface area contributed by atoms with Crippen molar-refractivity contribution in [1.29, 1.82) is 0 Å². The van der Waals surface area contributed by atoms with Crippen LogP contribution in [0.5, 0.6) is 0 Å². The van der Waals surface area contributed by atoms with E-state index in [-0.39, 0.29) is 0 Å². The second kappa shape index (κ2) is 7.73. The van der Waals surface area contributed by atoms with E-state index in [9.17, 15) is 0 Å². The molecule has 4 bridgehead atoms. The number of para-hydroxylation sites is 4. The minimum Gasteiger partial charge on any atom is -0.309 e. The van der Waals surface area contributed by atoms with Crippen LogP contribution in [0.1, 0.15) is 0 Å². The molecule has 5 rings (SSSR count). The molecular weight excluding hydrogens is 348 g/mol. The number of nitrogens with zero attached hydrogens (tertiary/aromatic N) is 4. The van der Waals surface area contributed by atoms with Gasteiger partial charge in [0.15, 0.2) is 22.1 Å². The fourth-order valence-electron chi connectivity index (χ4n) is 4.25. The van der Waals surface area contributed by atoms with Gasteiger partial charge in [0.2, 0.25) is 12.7 Å². The lowest BCUT2D eigenvalue weighted by Crippen LogP contribution is -2.42. The Bertz CT molecular complexity index is 925. The third kappa shape index (κ3) is 3.30. The van der Waals surface area contributed by atoms with Crippen LogP contribution in [0.4, 0.5) is 0 Å². The number of imidazole rings is 2. The largest absolute Gasteiger partial charge is 0.309 e. The first-order chi connectivity index (χ1) is 13.9. The molecule has 0 saturated heterocycles. The van der Waals surface area contributed by atoms with E-state index in [1.54, 1.807) is 0 Å². The van der Waals surface area contributed by atoms with Gasteiger partial charge in [-0.3, -0.25) is 0 Å². The molecule has 0 radical (unpaired) electrons. The zero-order valence-corrected chi connectivity index (χ0v) is 16.2. The highest BCUT2D eigenvalue weighted by Gasteiger charge is 2.17. The van der Waals surface area contributed by atoms with E-state index in [2.05, 4.69) is 90.1 Å². The Labute approximate surface area is 165 Å². The fourth-order valence-corrected chi connectivity index (χ4v) is 4.25. The highest BCUT2D eigenvalue weighted by Crippen LogP contribution is 2.11. The van der Waals surface area contributed by atoms with Crippen molar-refractivity contribution < 1.29 is 9.13 Å². The molecule has 0 saturated carbocycles. The van der Waals surface area contributed by atoms with Gasteiger partial charge in [0.1, 0.15) is 26.2 Å². The number of fused-ring (bicyclic) bond motifs is 10. The Balaban J connectivity index is 1.40. The summed E-state index contributed by atoms with van der Waals surface area (Å²) in [6.07, 6.45) is 4.53. The number of benzene rings is 2. The van der Waals surface area contributed by atoms with Crippen molar-refractivity contribution in [1.82, 2.24) is 19.8 Å². The minimum atomic E-state index is 0.968. The van der Waals surface area contributed by atoms with Crippen molar-refractivity contribution in [3.63, 3.8) is 0 Å². The summed E-state index contributed by atoms with van der Waals surface area (Å²) in [5.41, 5.74) is 5.24. The summed E-state index contributed by atoms with van der Waals surface area (Å²) in [5.74, 6) is 0. The standard InChI is InChI=1S/C22H28N6/c1-2-6-20-19(5-1)25-13-9-23-11-15-27-18-28(22-8-4-3-7-21(22)27)16-12-24-10-14-26(20)17-25/h1-8,17-18,23-24H,9-16H2/q+2. The molecule has 6 heteroatoms. The molecule has 28 heavy (non-hydrogen) atoms. The monoisotopic (exact) mass is 376 g/mol. The summed E-state index contributed by atoms with van der Waals surface area (Å²) in [7, 11) is 0. The average molecular weight is 377 g/mol. The van der Waals surface area contributed by atoms with Crippen LogP contribution in [0.15, 0.2) is 61.2 Å². The lowest BCUT2D eigenvalue weighted by Gasteiger charge is -2.03. The molecule has 1 aliphatic rings. The van der Waals surface area contributed by atoms with Gasteiger partial charge in [0.25, 0.3) is 0 Å². The van der Waals surface area contributed by atoms with Gasteiger partial charge in [0, 0.05) is 26.2 Å². The lowest BCUT2D eigenvalue weighted by atomic mass is 10.3. The van der Waals surface area contributed by atoms with Crippen LogP contribution in [0.25, 0.3) is 22.1 Å². The molecule has 6 nitrogen and oxygen atoms in total. The molecule has 144 valence electrons. The van der Waals surface area contributed by atoms with Gasteiger partial charge in [-0.05, 0) is 24.3 Å². The molecule has 4 aromatic rings. The average Bonchev–Trinajstić information content (AvgIpc) is 3.26. The van der Waals surface area contributed by atoms with Gasteiger partial charge < -0.3 is 10.6 Å². The number of nitrogens with one attached hydrogen (secondary N) is 2. The molecular formula is C22H28N6+2. The van der Waals surface area contributed by atoms with Crippen molar-refractivity contribution in [2.24, 2.45) is 0 Å². The summed E-state index contributed by atoms with van der Waals surface area (Å²) >= 11 is 0. The summed E-state index contributed by atoms with van der Waals surface area (Å²) in [4.78, 5) is 0.